The van der Waals surface area contributed by atoms with Crippen LogP contribution in [0.3, 0.4) is 0 Å². The van der Waals surface area contributed by atoms with Crippen molar-refractivity contribution in [3.63, 3.8) is 0 Å². The number of hydrogen-bond donors (Lipinski definition) is 0. The number of ether oxygens (including phenoxy) is 2. The summed E-state index contributed by atoms with van der Waals surface area (Å²) in [5.41, 5.74) is 3.11. The Bertz CT molecular complexity index is 751. The highest BCUT2D eigenvalue weighted by atomic mass is 16.5. The van der Waals surface area contributed by atoms with Crippen LogP contribution in [-0.4, -0.2) is 26.2 Å². The summed E-state index contributed by atoms with van der Waals surface area (Å²) in [6.45, 7) is 8.89. The second kappa shape index (κ2) is 8.59. The third-order valence-corrected chi connectivity index (χ3v) is 6.52. The van der Waals surface area contributed by atoms with Crippen molar-refractivity contribution >= 4 is 11.9 Å². The summed E-state index contributed by atoms with van der Waals surface area (Å²) in [7, 11) is 2.77. The monoisotopic (exact) mass is 382 g/mol. The van der Waals surface area contributed by atoms with Crippen LogP contribution in [0, 0.1) is 0 Å². The van der Waals surface area contributed by atoms with E-state index in [1.807, 2.05) is 48.5 Å². The van der Waals surface area contributed by atoms with Crippen molar-refractivity contribution in [2.24, 2.45) is 0 Å². The van der Waals surface area contributed by atoms with E-state index in [1.54, 1.807) is 0 Å². The van der Waals surface area contributed by atoms with Gasteiger partial charge in [-0.25, -0.2) is 9.59 Å². The van der Waals surface area contributed by atoms with Crippen LogP contribution in [0.4, 0.5) is 0 Å². The predicted molar refractivity (Wildman–Crippen MR) is 111 cm³/mol. The Morgan fingerprint density at radius 3 is 1.18 bits per heavy atom. The van der Waals surface area contributed by atoms with Crippen molar-refractivity contribution in [1.29, 1.82) is 0 Å². The molecular formula is C24H30O4. The Morgan fingerprint density at radius 1 is 0.679 bits per heavy atom. The lowest BCUT2D eigenvalue weighted by molar-refractivity contribution is 0.0591. The molecule has 0 saturated carbocycles. The molecule has 28 heavy (non-hydrogen) atoms. The number of rotatable bonds is 7. The molecule has 150 valence electrons. The number of carbonyl (C=O) groups is 2. The third-order valence-electron chi connectivity index (χ3n) is 6.52. The van der Waals surface area contributed by atoms with Crippen molar-refractivity contribution in [3.8, 4) is 0 Å². The molecule has 0 saturated heterocycles. The molecule has 0 heterocycles. The lowest BCUT2D eigenvalue weighted by Gasteiger charge is -2.47. The van der Waals surface area contributed by atoms with Crippen LogP contribution in [0.25, 0.3) is 0 Å². The van der Waals surface area contributed by atoms with Crippen LogP contribution in [-0.2, 0) is 20.3 Å². The number of hydrogen-bond acceptors (Lipinski definition) is 4. The summed E-state index contributed by atoms with van der Waals surface area (Å²) >= 11 is 0. The van der Waals surface area contributed by atoms with E-state index in [1.165, 1.54) is 25.3 Å². The first-order valence-corrected chi connectivity index (χ1v) is 9.65. The average Bonchev–Trinajstić information content (AvgIpc) is 2.76. The number of esters is 2. The first kappa shape index (κ1) is 21.7. The minimum Gasteiger partial charge on any atom is -0.465 e. The third kappa shape index (κ3) is 3.68. The first-order valence-electron chi connectivity index (χ1n) is 9.65. The lowest BCUT2D eigenvalue weighted by atomic mass is 9.56. The van der Waals surface area contributed by atoms with Crippen molar-refractivity contribution in [2.75, 3.05) is 14.2 Å². The molecule has 4 nitrogen and oxygen atoms in total. The Kier molecular flexibility index (Phi) is 6.65. The number of benzene rings is 2. The van der Waals surface area contributed by atoms with Gasteiger partial charge in [0.2, 0.25) is 0 Å². The van der Waals surface area contributed by atoms with E-state index in [4.69, 9.17) is 9.47 Å². The van der Waals surface area contributed by atoms with Crippen molar-refractivity contribution in [1.82, 2.24) is 0 Å². The highest BCUT2D eigenvalue weighted by Gasteiger charge is 2.44. The molecule has 0 fully saturated rings. The largest absolute Gasteiger partial charge is 0.465 e. The van der Waals surface area contributed by atoms with E-state index in [0.717, 1.165) is 12.8 Å². The predicted octanol–water partition coefficient (Wildman–Crippen LogP) is 5.30. The molecule has 2 atom stereocenters. The average molecular weight is 383 g/mol. The van der Waals surface area contributed by atoms with Gasteiger partial charge in [-0.2, -0.15) is 0 Å². The summed E-state index contributed by atoms with van der Waals surface area (Å²) < 4.78 is 9.62. The molecule has 2 aromatic rings. The van der Waals surface area contributed by atoms with E-state index in [9.17, 15) is 9.59 Å². The Hall–Kier alpha value is -2.62. The number of methoxy groups -OCH3 is 2. The van der Waals surface area contributed by atoms with Gasteiger partial charge in [-0.05, 0) is 48.2 Å². The summed E-state index contributed by atoms with van der Waals surface area (Å²) in [6.07, 6.45) is 1.85. The molecule has 0 spiro atoms. The molecule has 0 aromatic heterocycles. The van der Waals surface area contributed by atoms with Crippen LogP contribution in [0.5, 0.6) is 0 Å². The maximum Gasteiger partial charge on any atom is 0.337 e. The summed E-state index contributed by atoms with van der Waals surface area (Å²) in [5.74, 6) is -0.664. The maximum absolute atomic E-state index is 11.8. The second-order valence-electron chi connectivity index (χ2n) is 7.51. The zero-order valence-electron chi connectivity index (χ0n) is 17.7. The normalized spacial score (nSPS) is 15.2. The molecule has 2 rings (SSSR count). The fourth-order valence-electron chi connectivity index (χ4n) is 4.01. The minimum absolute atomic E-state index is 0.164. The van der Waals surface area contributed by atoms with Gasteiger partial charge in [0.15, 0.2) is 0 Å². The molecule has 0 amide bonds. The van der Waals surface area contributed by atoms with Gasteiger partial charge in [0.05, 0.1) is 25.3 Å². The smallest absolute Gasteiger partial charge is 0.337 e. The molecule has 2 unspecified atom stereocenters. The Labute approximate surface area is 167 Å². The molecule has 4 heteroatoms. The zero-order chi connectivity index (χ0) is 20.9. The summed E-state index contributed by atoms with van der Waals surface area (Å²) in [6, 6.07) is 15.4. The number of carbonyl (C=O) groups excluding carboxylic acids is 2. The Balaban J connectivity index is 2.50. The first-order chi connectivity index (χ1) is 13.3. The molecule has 0 aliphatic heterocycles. The van der Waals surface area contributed by atoms with Crippen LogP contribution < -0.4 is 0 Å². The highest BCUT2D eigenvalue weighted by Crippen LogP contribution is 2.48. The van der Waals surface area contributed by atoms with Crippen molar-refractivity contribution in [2.45, 2.75) is 51.4 Å². The van der Waals surface area contributed by atoms with Crippen molar-refractivity contribution in [3.05, 3.63) is 70.8 Å². The zero-order valence-corrected chi connectivity index (χ0v) is 17.7. The van der Waals surface area contributed by atoms with Gasteiger partial charge < -0.3 is 9.47 Å². The molecule has 0 bridgehead atoms. The molecule has 0 aliphatic carbocycles. The van der Waals surface area contributed by atoms with E-state index >= 15 is 0 Å². The highest BCUT2D eigenvalue weighted by molar-refractivity contribution is 5.89. The lowest BCUT2D eigenvalue weighted by Crippen LogP contribution is -2.44. The van der Waals surface area contributed by atoms with Crippen LogP contribution in [0.2, 0.25) is 0 Å². The fraction of sp³-hybridized carbons (Fsp3) is 0.417. The minimum atomic E-state index is -0.332. The van der Waals surface area contributed by atoms with Gasteiger partial charge in [0.25, 0.3) is 0 Å². The van der Waals surface area contributed by atoms with Gasteiger partial charge in [0.1, 0.15) is 0 Å². The van der Waals surface area contributed by atoms with E-state index in [-0.39, 0.29) is 22.8 Å². The van der Waals surface area contributed by atoms with Crippen LogP contribution in [0.15, 0.2) is 48.5 Å². The standard InChI is InChI=1S/C24H30O4/c1-7-23(3,19-13-9-17(10-14-19)21(25)27-5)24(4,8-2)20-15-11-18(12-16-20)22(26)28-6/h9-16H,7-8H2,1-6H3. The second-order valence-corrected chi connectivity index (χ2v) is 7.51. The van der Waals surface area contributed by atoms with Crippen LogP contribution in [0.1, 0.15) is 72.4 Å². The van der Waals surface area contributed by atoms with Crippen molar-refractivity contribution < 1.29 is 19.1 Å². The van der Waals surface area contributed by atoms with Gasteiger partial charge in [0, 0.05) is 10.8 Å². The molecule has 0 aliphatic rings. The Morgan fingerprint density at radius 2 is 0.964 bits per heavy atom. The molecule has 0 radical (unpaired) electrons. The van der Waals surface area contributed by atoms with Crippen LogP contribution >= 0.6 is 0 Å². The maximum atomic E-state index is 11.8. The van der Waals surface area contributed by atoms with Gasteiger partial charge in [-0.1, -0.05) is 52.0 Å². The molecular weight excluding hydrogens is 352 g/mol. The van der Waals surface area contributed by atoms with Gasteiger partial charge in [-0.15, -0.1) is 0 Å². The van der Waals surface area contributed by atoms with E-state index < -0.39 is 0 Å². The van der Waals surface area contributed by atoms with E-state index in [0.29, 0.717) is 11.1 Å². The summed E-state index contributed by atoms with van der Waals surface area (Å²) in [5, 5.41) is 0. The molecule has 0 N–H and O–H groups in total. The fourth-order valence-corrected chi connectivity index (χ4v) is 4.01. The molecule has 2 aromatic carbocycles. The topological polar surface area (TPSA) is 52.6 Å². The summed E-state index contributed by atoms with van der Waals surface area (Å²) in [4.78, 5) is 23.5. The van der Waals surface area contributed by atoms with Gasteiger partial charge in [-0.3, -0.25) is 0 Å². The quantitative estimate of drug-likeness (QED) is 0.610. The van der Waals surface area contributed by atoms with E-state index in [2.05, 4.69) is 27.7 Å². The SMILES string of the molecule is CCC(C)(c1ccc(C(=O)OC)cc1)C(C)(CC)c1ccc(C(=O)OC)cc1. The van der Waals surface area contributed by atoms with Gasteiger partial charge >= 0.3 is 11.9 Å².